The van der Waals surface area contributed by atoms with Crippen molar-refractivity contribution in [2.75, 3.05) is 32.8 Å². The Morgan fingerprint density at radius 2 is 1.83 bits per heavy atom. The number of hydrogen-bond acceptors (Lipinski definition) is 5. The van der Waals surface area contributed by atoms with E-state index in [2.05, 4.69) is 18.8 Å². The first-order valence-corrected chi connectivity index (χ1v) is 9.92. The number of rotatable bonds is 12. The van der Waals surface area contributed by atoms with Gasteiger partial charge in [-0.15, -0.1) is 6.58 Å². The lowest BCUT2D eigenvalue weighted by molar-refractivity contribution is -0.119. The number of unbranched alkanes of at least 4 members (excludes halogenated alkanes) is 1. The summed E-state index contributed by atoms with van der Waals surface area (Å²) in [6.45, 7) is 6.22. The number of hydrogen-bond donors (Lipinski definition) is 1. The minimum Gasteiger partial charge on any atom is -0.497 e. The van der Waals surface area contributed by atoms with Gasteiger partial charge in [-0.2, -0.15) is 0 Å². The highest BCUT2D eigenvalue weighted by Gasteiger charge is 2.23. The highest BCUT2D eigenvalue weighted by molar-refractivity contribution is 6.16. The Bertz CT molecular complexity index is 874. The topological polar surface area (TPSA) is 73.9 Å². The number of carbonyl (C=O) groups is 2. The average molecular weight is 411 g/mol. The van der Waals surface area contributed by atoms with Crippen LogP contribution in [0.1, 0.15) is 41.3 Å². The molecule has 0 aromatic heterocycles. The molecule has 0 bridgehead atoms. The van der Waals surface area contributed by atoms with Crippen LogP contribution in [0.15, 0.2) is 49.1 Å². The van der Waals surface area contributed by atoms with Crippen molar-refractivity contribution in [2.45, 2.75) is 26.2 Å². The molecule has 0 aliphatic carbocycles. The van der Waals surface area contributed by atoms with Crippen LogP contribution >= 0.6 is 0 Å². The Labute approximate surface area is 177 Å². The number of allylic oxidation sites excluding steroid dienone is 1. The maximum Gasteiger partial charge on any atom is 0.250 e. The number of amides is 1. The lowest BCUT2D eigenvalue weighted by atomic mass is 9.96. The first-order chi connectivity index (χ1) is 14.5. The van der Waals surface area contributed by atoms with Gasteiger partial charge in [-0.25, -0.2) is 0 Å². The van der Waals surface area contributed by atoms with Gasteiger partial charge in [0.25, 0.3) is 0 Å². The van der Waals surface area contributed by atoms with E-state index in [0.29, 0.717) is 41.3 Å². The van der Waals surface area contributed by atoms with Gasteiger partial charge in [-0.1, -0.05) is 25.5 Å². The van der Waals surface area contributed by atoms with Gasteiger partial charge >= 0.3 is 0 Å². The van der Waals surface area contributed by atoms with E-state index in [1.54, 1.807) is 43.5 Å². The summed E-state index contributed by atoms with van der Waals surface area (Å²) >= 11 is 0. The second-order valence-corrected chi connectivity index (χ2v) is 6.71. The highest BCUT2D eigenvalue weighted by Crippen LogP contribution is 2.34. The third-order valence-electron chi connectivity index (χ3n) is 4.48. The van der Waals surface area contributed by atoms with Gasteiger partial charge in [-0.05, 0) is 48.7 Å². The van der Waals surface area contributed by atoms with Crippen LogP contribution in [-0.4, -0.2) is 39.1 Å². The lowest BCUT2D eigenvalue weighted by Crippen LogP contribution is -2.20. The van der Waals surface area contributed by atoms with E-state index in [0.717, 1.165) is 18.4 Å². The van der Waals surface area contributed by atoms with Crippen molar-refractivity contribution >= 4 is 17.4 Å². The molecule has 160 valence electrons. The summed E-state index contributed by atoms with van der Waals surface area (Å²) in [4.78, 5) is 25.7. The van der Waals surface area contributed by atoms with Crippen molar-refractivity contribution in [2.24, 2.45) is 0 Å². The number of carbonyl (C=O) groups excluding carboxylic acids is 2. The molecular formula is C24H29NO5. The first kappa shape index (κ1) is 23.2. The van der Waals surface area contributed by atoms with Crippen molar-refractivity contribution in [1.29, 1.82) is 0 Å². The van der Waals surface area contributed by atoms with Gasteiger partial charge in [-0.3, -0.25) is 9.59 Å². The predicted molar refractivity (Wildman–Crippen MR) is 118 cm³/mol. The molecule has 2 aromatic rings. The molecule has 6 nitrogen and oxygen atoms in total. The maximum atomic E-state index is 13.5. The second kappa shape index (κ2) is 11.8. The number of ketones is 1. The molecule has 0 saturated carbocycles. The predicted octanol–water partition coefficient (Wildman–Crippen LogP) is 4.42. The van der Waals surface area contributed by atoms with Crippen molar-refractivity contribution in [3.8, 4) is 11.5 Å². The summed E-state index contributed by atoms with van der Waals surface area (Å²) in [5, 5.41) is 2.77. The Morgan fingerprint density at radius 3 is 2.43 bits per heavy atom. The third kappa shape index (κ3) is 5.94. The molecular weight excluding hydrogens is 382 g/mol. The fraction of sp³-hybridized carbons (Fsp3) is 0.333. The second-order valence-electron chi connectivity index (χ2n) is 6.71. The molecule has 2 rings (SSSR count). The minimum absolute atomic E-state index is 0.114. The van der Waals surface area contributed by atoms with Crippen LogP contribution in [0, 0.1) is 0 Å². The van der Waals surface area contributed by atoms with Gasteiger partial charge in [0.1, 0.15) is 18.1 Å². The molecule has 0 aliphatic rings. The van der Waals surface area contributed by atoms with Gasteiger partial charge in [0.2, 0.25) is 5.91 Å². The summed E-state index contributed by atoms with van der Waals surface area (Å²) in [6, 6.07) is 10.4. The van der Waals surface area contributed by atoms with E-state index < -0.39 is 0 Å². The highest BCUT2D eigenvalue weighted by atomic mass is 16.5. The zero-order valence-electron chi connectivity index (χ0n) is 17.8. The Kier molecular flexibility index (Phi) is 9.09. The molecule has 0 saturated heterocycles. The molecule has 6 heteroatoms. The molecule has 0 spiro atoms. The number of nitrogens with one attached hydrogen (secondary N) is 1. The third-order valence-corrected chi connectivity index (χ3v) is 4.48. The number of anilines is 1. The SMILES string of the molecule is C=CCc1ccc(NC(=O)COC)c(C(=O)c2ccc(OC)cc2)c1OCCCC. The number of benzene rings is 2. The number of ether oxygens (including phenoxy) is 3. The average Bonchev–Trinajstić information content (AvgIpc) is 2.75. The van der Waals surface area contributed by atoms with Crippen molar-refractivity contribution < 1.29 is 23.8 Å². The monoisotopic (exact) mass is 411 g/mol. The van der Waals surface area contributed by atoms with Crippen molar-refractivity contribution in [1.82, 2.24) is 0 Å². The maximum absolute atomic E-state index is 13.5. The van der Waals surface area contributed by atoms with Crippen LogP contribution in [0.3, 0.4) is 0 Å². The summed E-state index contributed by atoms with van der Waals surface area (Å²) in [6.07, 6.45) is 4.11. The lowest BCUT2D eigenvalue weighted by Gasteiger charge is -2.19. The molecule has 0 fully saturated rings. The van der Waals surface area contributed by atoms with E-state index >= 15 is 0 Å². The fourth-order valence-corrected chi connectivity index (χ4v) is 2.96. The Hall–Kier alpha value is -3.12. The zero-order valence-corrected chi connectivity index (χ0v) is 17.8. The summed E-state index contributed by atoms with van der Waals surface area (Å²) in [5.41, 5.74) is 2.01. The molecule has 0 atom stereocenters. The van der Waals surface area contributed by atoms with Gasteiger partial charge in [0, 0.05) is 12.7 Å². The van der Waals surface area contributed by atoms with Gasteiger partial charge in [0.05, 0.1) is 25.0 Å². The van der Waals surface area contributed by atoms with Crippen LogP contribution in [0.5, 0.6) is 11.5 Å². The first-order valence-electron chi connectivity index (χ1n) is 9.92. The van der Waals surface area contributed by atoms with Gasteiger partial charge < -0.3 is 19.5 Å². The zero-order chi connectivity index (χ0) is 21.9. The summed E-state index contributed by atoms with van der Waals surface area (Å²) in [7, 11) is 3.01. The molecule has 30 heavy (non-hydrogen) atoms. The molecule has 1 N–H and O–H groups in total. The van der Waals surface area contributed by atoms with Crippen LogP contribution in [0.2, 0.25) is 0 Å². The van der Waals surface area contributed by atoms with Crippen LogP contribution in [0.4, 0.5) is 5.69 Å². The number of methoxy groups -OCH3 is 2. The molecule has 0 radical (unpaired) electrons. The smallest absolute Gasteiger partial charge is 0.250 e. The molecule has 0 aliphatic heterocycles. The molecule has 0 unspecified atom stereocenters. The van der Waals surface area contributed by atoms with Gasteiger partial charge in [0.15, 0.2) is 5.78 Å². The van der Waals surface area contributed by atoms with Crippen molar-refractivity contribution in [3.05, 3.63) is 65.7 Å². The quantitative estimate of drug-likeness (QED) is 0.318. The van der Waals surface area contributed by atoms with Crippen LogP contribution in [-0.2, 0) is 16.0 Å². The van der Waals surface area contributed by atoms with Crippen LogP contribution < -0.4 is 14.8 Å². The molecule has 2 aromatic carbocycles. The van der Waals surface area contributed by atoms with Crippen molar-refractivity contribution in [3.63, 3.8) is 0 Å². The normalized spacial score (nSPS) is 10.4. The minimum atomic E-state index is -0.350. The summed E-state index contributed by atoms with van der Waals surface area (Å²) in [5.74, 6) is 0.527. The standard InChI is InChI=1S/C24H29NO5/c1-5-7-15-30-24-18(8-6-2)11-14-20(25-21(26)16-28-3)22(24)23(27)17-9-12-19(29-4)13-10-17/h6,9-14H,2,5,7-8,15-16H2,1,3-4H3,(H,25,26). The Balaban J connectivity index is 2.58. The largest absolute Gasteiger partial charge is 0.497 e. The molecule has 1 amide bonds. The van der Waals surface area contributed by atoms with E-state index in [1.165, 1.54) is 7.11 Å². The fourth-order valence-electron chi connectivity index (χ4n) is 2.96. The summed E-state index contributed by atoms with van der Waals surface area (Å²) < 4.78 is 16.1. The van der Waals surface area contributed by atoms with E-state index in [4.69, 9.17) is 14.2 Å². The van der Waals surface area contributed by atoms with Crippen LogP contribution in [0.25, 0.3) is 0 Å². The van der Waals surface area contributed by atoms with E-state index in [1.807, 2.05) is 6.07 Å². The Morgan fingerprint density at radius 1 is 1.10 bits per heavy atom. The molecule has 0 heterocycles. The van der Waals surface area contributed by atoms with E-state index in [-0.39, 0.29) is 18.3 Å². The van der Waals surface area contributed by atoms with E-state index in [9.17, 15) is 9.59 Å².